The van der Waals surface area contributed by atoms with Crippen LogP contribution in [0.2, 0.25) is 0 Å². The lowest BCUT2D eigenvalue weighted by Crippen LogP contribution is -2.02. The number of hydrogen-bond acceptors (Lipinski definition) is 3. The normalized spacial score (nSPS) is 11.2. The van der Waals surface area contributed by atoms with Crippen molar-refractivity contribution < 1.29 is 0 Å². The van der Waals surface area contributed by atoms with Gasteiger partial charge in [0.2, 0.25) is 0 Å². The molecular formula is C19H19N5. The van der Waals surface area contributed by atoms with Crippen LogP contribution in [-0.2, 0) is 13.6 Å². The molecule has 4 aromatic rings. The van der Waals surface area contributed by atoms with Crippen molar-refractivity contribution in [2.75, 3.05) is 5.73 Å². The van der Waals surface area contributed by atoms with Gasteiger partial charge in [-0.25, -0.2) is 4.98 Å². The molecule has 0 saturated heterocycles. The maximum absolute atomic E-state index is 6.28. The monoisotopic (exact) mass is 317 g/mol. The van der Waals surface area contributed by atoms with E-state index in [1.807, 2.05) is 36.9 Å². The topological polar surface area (TPSA) is 61.7 Å². The highest BCUT2D eigenvalue weighted by atomic mass is 15.3. The average molecular weight is 317 g/mol. The zero-order chi connectivity index (χ0) is 16.7. The zero-order valence-corrected chi connectivity index (χ0v) is 13.8. The van der Waals surface area contributed by atoms with E-state index in [2.05, 4.69) is 45.0 Å². The van der Waals surface area contributed by atoms with Crippen molar-refractivity contribution in [2.45, 2.75) is 13.5 Å². The van der Waals surface area contributed by atoms with E-state index in [9.17, 15) is 0 Å². The van der Waals surface area contributed by atoms with Gasteiger partial charge in [0, 0.05) is 25.4 Å². The third-order valence-electron chi connectivity index (χ3n) is 4.37. The molecule has 0 aliphatic rings. The zero-order valence-electron chi connectivity index (χ0n) is 13.8. The Bertz CT molecular complexity index is 1010. The number of rotatable bonds is 3. The Morgan fingerprint density at radius 1 is 1.08 bits per heavy atom. The Hall–Kier alpha value is -3.08. The second-order valence-corrected chi connectivity index (χ2v) is 6.00. The highest BCUT2D eigenvalue weighted by Crippen LogP contribution is 2.30. The van der Waals surface area contributed by atoms with Crippen molar-refractivity contribution in [3.8, 4) is 11.3 Å². The smallest absolute Gasteiger partial charge is 0.112 e. The molecule has 2 N–H and O–H groups in total. The Kier molecular flexibility index (Phi) is 3.34. The van der Waals surface area contributed by atoms with Crippen molar-refractivity contribution in [1.29, 1.82) is 0 Å². The summed E-state index contributed by atoms with van der Waals surface area (Å²) in [5, 5.41) is 4.25. The Labute approximate surface area is 140 Å². The molecule has 0 unspecified atom stereocenters. The molecule has 2 aromatic heterocycles. The molecule has 0 bridgehead atoms. The van der Waals surface area contributed by atoms with E-state index in [1.165, 1.54) is 5.56 Å². The van der Waals surface area contributed by atoms with Crippen LogP contribution in [0, 0.1) is 6.92 Å². The van der Waals surface area contributed by atoms with Crippen LogP contribution in [0.1, 0.15) is 11.4 Å². The van der Waals surface area contributed by atoms with Crippen molar-refractivity contribution in [2.24, 2.45) is 7.05 Å². The summed E-state index contributed by atoms with van der Waals surface area (Å²) >= 11 is 0. The molecule has 0 atom stereocenters. The number of nitrogen functional groups attached to an aromatic ring is 1. The van der Waals surface area contributed by atoms with Gasteiger partial charge in [0.25, 0.3) is 0 Å². The summed E-state index contributed by atoms with van der Waals surface area (Å²) in [5.74, 6) is 0.961. The second-order valence-electron chi connectivity index (χ2n) is 6.00. The molecular weight excluding hydrogens is 298 g/mol. The van der Waals surface area contributed by atoms with Crippen molar-refractivity contribution in [3.63, 3.8) is 0 Å². The molecule has 0 aliphatic carbocycles. The molecule has 5 nitrogen and oxygen atoms in total. The molecule has 2 heterocycles. The van der Waals surface area contributed by atoms with Gasteiger partial charge < -0.3 is 10.3 Å². The summed E-state index contributed by atoms with van der Waals surface area (Å²) < 4.78 is 4.06. The lowest BCUT2D eigenvalue weighted by molar-refractivity contribution is 0.775. The minimum absolute atomic E-state index is 0.693. The number of aryl methyl sites for hydroxylation is 2. The van der Waals surface area contributed by atoms with Crippen LogP contribution in [0.15, 0.2) is 54.7 Å². The number of fused-ring (bicyclic) bond motifs is 1. The van der Waals surface area contributed by atoms with E-state index < -0.39 is 0 Å². The number of hydrogen-bond donors (Lipinski definition) is 1. The van der Waals surface area contributed by atoms with E-state index in [0.29, 0.717) is 5.69 Å². The number of imidazole rings is 1. The second kappa shape index (κ2) is 5.53. The lowest BCUT2D eigenvalue weighted by Gasteiger charge is -2.09. The van der Waals surface area contributed by atoms with Crippen LogP contribution < -0.4 is 5.73 Å². The molecule has 5 heteroatoms. The van der Waals surface area contributed by atoms with Crippen molar-refractivity contribution >= 4 is 16.7 Å². The highest BCUT2D eigenvalue weighted by Gasteiger charge is 2.14. The van der Waals surface area contributed by atoms with Crippen molar-refractivity contribution in [1.82, 2.24) is 19.3 Å². The number of nitrogens with zero attached hydrogens (tertiary/aromatic N) is 4. The van der Waals surface area contributed by atoms with Gasteiger partial charge in [-0.15, -0.1) is 0 Å². The maximum atomic E-state index is 6.28. The van der Waals surface area contributed by atoms with Gasteiger partial charge in [0.15, 0.2) is 0 Å². The first-order valence-electron chi connectivity index (χ1n) is 7.92. The van der Waals surface area contributed by atoms with E-state index in [4.69, 9.17) is 5.73 Å². The highest BCUT2D eigenvalue weighted by molar-refractivity contribution is 5.92. The van der Waals surface area contributed by atoms with E-state index in [-0.39, 0.29) is 0 Å². The molecule has 4 rings (SSSR count). The molecule has 2 aromatic carbocycles. The molecule has 24 heavy (non-hydrogen) atoms. The van der Waals surface area contributed by atoms with Crippen LogP contribution in [0.3, 0.4) is 0 Å². The quantitative estimate of drug-likeness (QED) is 0.589. The predicted octanol–water partition coefficient (Wildman–Crippen LogP) is 3.38. The number of anilines is 1. The minimum Gasteiger partial charge on any atom is -0.397 e. The first-order chi connectivity index (χ1) is 11.6. The predicted molar refractivity (Wildman–Crippen MR) is 96.6 cm³/mol. The van der Waals surface area contributed by atoms with Crippen LogP contribution in [-0.4, -0.2) is 19.3 Å². The molecule has 0 spiro atoms. The van der Waals surface area contributed by atoms with E-state index >= 15 is 0 Å². The van der Waals surface area contributed by atoms with E-state index in [1.54, 1.807) is 6.20 Å². The first kappa shape index (κ1) is 14.5. The molecule has 0 amide bonds. The van der Waals surface area contributed by atoms with Crippen LogP contribution in [0.5, 0.6) is 0 Å². The molecule has 0 saturated carbocycles. The number of nitrogens with two attached hydrogens (primary N) is 1. The first-order valence-corrected chi connectivity index (χ1v) is 7.92. The minimum atomic E-state index is 0.693. The van der Waals surface area contributed by atoms with Crippen LogP contribution >= 0.6 is 0 Å². The number of aromatic nitrogens is 4. The van der Waals surface area contributed by atoms with Gasteiger partial charge >= 0.3 is 0 Å². The standard InChI is InChI=1S/C19H19N5/c1-13-22-19-16(20)10-15(17-8-9-21-23(17)2)11-18(19)24(13)12-14-6-4-3-5-7-14/h3-11H,12,20H2,1-2H3. The van der Waals surface area contributed by atoms with Crippen LogP contribution in [0.4, 0.5) is 5.69 Å². The van der Waals surface area contributed by atoms with Gasteiger partial charge in [0.05, 0.1) is 16.9 Å². The summed E-state index contributed by atoms with van der Waals surface area (Å²) in [6.07, 6.45) is 1.79. The SMILES string of the molecule is Cc1nc2c(N)cc(-c3ccnn3C)cc2n1Cc1ccccc1. The van der Waals surface area contributed by atoms with Gasteiger partial charge in [0.1, 0.15) is 11.3 Å². The fourth-order valence-electron chi connectivity index (χ4n) is 3.14. The lowest BCUT2D eigenvalue weighted by atomic mass is 10.1. The maximum Gasteiger partial charge on any atom is 0.112 e. The molecule has 0 fully saturated rings. The number of benzene rings is 2. The van der Waals surface area contributed by atoms with Gasteiger partial charge in [-0.3, -0.25) is 4.68 Å². The summed E-state index contributed by atoms with van der Waals surface area (Å²) in [5.41, 5.74) is 12.2. The van der Waals surface area contributed by atoms with Gasteiger partial charge in [-0.2, -0.15) is 5.10 Å². The van der Waals surface area contributed by atoms with E-state index in [0.717, 1.165) is 34.7 Å². The Morgan fingerprint density at radius 2 is 1.88 bits per heavy atom. The summed E-state index contributed by atoms with van der Waals surface area (Å²) in [6.45, 7) is 2.80. The molecule has 0 radical (unpaired) electrons. The fourth-order valence-corrected chi connectivity index (χ4v) is 3.14. The summed E-state index contributed by atoms with van der Waals surface area (Å²) in [6, 6.07) is 16.5. The third kappa shape index (κ3) is 2.34. The Balaban J connectivity index is 1.89. The average Bonchev–Trinajstić information content (AvgIpc) is 3.13. The molecule has 0 aliphatic heterocycles. The Morgan fingerprint density at radius 3 is 2.58 bits per heavy atom. The summed E-state index contributed by atoms with van der Waals surface area (Å²) in [7, 11) is 1.93. The third-order valence-corrected chi connectivity index (χ3v) is 4.37. The fraction of sp³-hybridized carbons (Fsp3) is 0.158. The largest absolute Gasteiger partial charge is 0.397 e. The van der Waals surface area contributed by atoms with Gasteiger partial charge in [-0.1, -0.05) is 30.3 Å². The molecule has 120 valence electrons. The summed E-state index contributed by atoms with van der Waals surface area (Å²) in [4.78, 5) is 4.67. The van der Waals surface area contributed by atoms with Gasteiger partial charge in [-0.05, 0) is 30.7 Å². The van der Waals surface area contributed by atoms with Crippen molar-refractivity contribution in [3.05, 3.63) is 66.1 Å². The van der Waals surface area contributed by atoms with Crippen LogP contribution in [0.25, 0.3) is 22.3 Å².